The number of rotatable bonds is 7. The largest absolute Gasteiger partial charge is 0.497 e. The normalized spacial score (nSPS) is 11.6. The van der Waals surface area contributed by atoms with E-state index >= 15 is 0 Å². The summed E-state index contributed by atoms with van der Waals surface area (Å²) in [6.45, 7) is 6.82. The fraction of sp³-hybridized carbons (Fsp3) is 0.429. The van der Waals surface area contributed by atoms with Gasteiger partial charge in [-0.25, -0.2) is 9.67 Å². The summed E-state index contributed by atoms with van der Waals surface area (Å²) in [6, 6.07) is 7.75. The standard InChI is InChI=1S/C21H27N5O3/c1-21(2,3)26-19-17(13-24-26)20(28)25(14-23-19)12-10-18(27)22-11-9-15-5-7-16(29-4)8-6-15/h5-8,13-14H,9-12H2,1-4H3,(H,22,27). The molecule has 0 saturated carbocycles. The van der Waals surface area contributed by atoms with Crippen LogP contribution in [0.15, 0.2) is 41.6 Å². The van der Waals surface area contributed by atoms with Crippen LogP contribution in [0.4, 0.5) is 0 Å². The number of nitrogens with one attached hydrogen (secondary N) is 1. The minimum absolute atomic E-state index is 0.101. The first kappa shape index (κ1) is 20.6. The van der Waals surface area contributed by atoms with E-state index in [1.165, 1.54) is 10.9 Å². The van der Waals surface area contributed by atoms with Crippen molar-refractivity contribution in [3.63, 3.8) is 0 Å². The molecule has 0 fully saturated rings. The molecule has 1 amide bonds. The van der Waals surface area contributed by atoms with Gasteiger partial charge < -0.3 is 10.1 Å². The zero-order chi connectivity index (χ0) is 21.0. The fourth-order valence-corrected chi connectivity index (χ4v) is 3.05. The van der Waals surface area contributed by atoms with Gasteiger partial charge in [0.15, 0.2) is 5.65 Å². The molecule has 8 heteroatoms. The number of nitrogens with zero attached hydrogens (tertiary/aromatic N) is 4. The van der Waals surface area contributed by atoms with Gasteiger partial charge in [0.05, 0.1) is 25.2 Å². The Morgan fingerprint density at radius 1 is 1.21 bits per heavy atom. The number of amides is 1. The average Bonchev–Trinajstić information content (AvgIpc) is 3.13. The van der Waals surface area contributed by atoms with Gasteiger partial charge in [0, 0.05) is 19.5 Å². The Kier molecular flexibility index (Phi) is 6.00. The topological polar surface area (TPSA) is 91.0 Å². The highest BCUT2D eigenvalue weighted by molar-refractivity contribution is 5.76. The summed E-state index contributed by atoms with van der Waals surface area (Å²) in [4.78, 5) is 29.2. The molecule has 0 radical (unpaired) electrons. The number of methoxy groups -OCH3 is 1. The number of carbonyl (C=O) groups excluding carboxylic acids is 1. The van der Waals surface area contributed by atoms with Gasteiger partial charge in [-0.3, -0.25) is 14.2 Å². The predicted molar refractivity (Wildman–Crippen MR) is 111 cm³/mol. The van der Waals surface area contributed by atoms with E-state index in [4.69, 9.17) is 4.74 Å². The Hall–Kier alpha value is -3.16. The van der Waals surface area contributed by atoms with Crippen molar-refractivity contribution in [2.45, 2.75) is 45.7 Å². The molecule has 8 nitrogen and oxygen atoms in total. The summed E-state index contributed by atoms with van der Waals surface area (Å²) in [6.07, 6.45) is 3.97. The highest BCUT2D eigenvalue weighted by Gasteiger charge is 2.19. The molecule has 0 unspecified atom stereocenters. The van der Waals surface area contributed by atoms with Gasteiger partial charge in [0.25, 0.3) is 5.56 Å². The Balaban J connectivity index is 1.55. The molecule has 2 aromatic heterocycles. The van der Waals surface area contributed by atoms with Crippen LogP contribution in [0.25, 0.3) is 11.0 Å². The molecular weight excluding hydrogens is 370 g/mol. The maximum atomic E-state index is 12.7. The van der Waals surface area contributed by atoms with E-state index in [2.05, 4.69) is 15.4 Å². The van der Waals surface area contributed by atoms with Gasteiger partial charge in [-0.15, -0.1) is 0 Å². The van der Waals surface area contributed by atoms with Crippen molar-refractivity contribution in [2.24, 2.45) is 0 Å². The maximum Gasteiger partial charge on any atom is 0.264 e. The maximum absolute atomic E-state index is 12.7. The molecule has 29 heavy (non-hydrogen) atoms. The van der Waals surface area contributed by atoms with E-state index in [1.54, 1.807) is 18.0 Å². The van der Waals surface area contributed by atoms with Crippen LogP contribution in [0, 0.1) is 0 Å². The second-order valence-electron chi connectivity index (χ2n) is 7.91. The lowest BCUT2D eigenvalue weighted by molar-refractivity contribution is -0.121. The van der Waals surface area contributed by atoms with Crippen LogP contribution >= 0.6 is 0 Å². The van der Waals surface area contributed by atoms with E-state index in [9.17, 15) is 9.59 Å². The summed E-state index contributed by atoms with van der Waals surface area (Å²) in [7, 11) is 1.63. The van der Waals surface area contributed by atoms with Crippen molar-refractivity contribution in [1.29, 1.82) is 0 Å². The molecule has 0 saturated heterocycles. The lowest BCUT2D eigenvalue weighted by atomic mass is 10.1. The first-order chi connectivity index (χ1) is 13.8. The summed E-state index contributed by atoms with van der Waals surface area (Å²) >= 11 is 0. The van der Waals surface area contributed by atoms with Crippen molar-refractivity contribution < 1.29 is 9.53 Å². The molecular formula is C21H27N5O3. The predicted octanol–water partition coefficient (Wildman–Crippen LogP) is 2.11. The SMILES string of the molecule is COc1ccc(CCNC(=O)CCn2cnc3c(cnn3C(C)(C)C)c2=O)cc1. The molecule has 1 aromatic carbocycles. The van der Waals surface area contributed by atoms with Crippen molar-refractivity contribution in [2.75, 3.05) is 13.7 Å². The Morgan fingerprint density at radius 2 is 1.93 bits per heavy atom. The number of aryl methyl sites for hydroxylation is 1. The molecule has 0 aliphatic heterocycles. The first-order valence-electron chi connectivity index (χ1n) is 9.63. The lowest BCUT2D eigenvalue weighted by Crippen LogP contribution is -2.29. The molecule has 0 atom stereocenters. The fourth-order valence-electron chi connectivity index (χ4n) is 3.05. The second kappa shape index (κ2) is 8.46. The molecule has 1 N–H and O–H groups in total. The molecule has 0 aliphatic rings. The van der Waals surface area contributed by atoms with Crippen molar-refractivity contribution in [3.05, 3.63) is 52.7 Å². The third-order valence-corrected chi connectivity index (χ3v) is 4.66. The molecule has 3 aromatic rings. The highest BCUT2D eigenvalue weighted by atomic mass is 16.5. The third kappa shape index (κ3) is 4.82. The van der Waals surface area contributed by atoms with Gasteiger partial charge in [0.1, 0.15) is 11.1 Å². The smallest absolute Gasteiger partial charge is 0.264 e. The van der Waals surface area contributed by atoms with Gasteiger partial charge in [-0.05, 0) is 44.9 Å². The van der Waals surface area contributed by atoms with E-state index in [-0.39, 0.29) is 30.0 Å². The van der Waals surface area contributed by atoms with Gasteiger partial charge in [0.2, 0.25) is 5.91 Å². The van der Waals surface area contributed by atoms with Gasteiger partial charge >= 0.3 is 0 Å². The monoisotopic (exact) mass is 397 g/mol. The quantitative estimate of drug-likeness (QED) is 0.659. The van der Waals surface area contributed by atoms with Crippen LogP contribution in [0.2, 0.25) is 0 Å². The minimum Gasteiger partial charge on any atom is -0.497 e. The van der Waals surface area contributed by atoms with Crippen LogP contribution in [0.5, 0.6) is 5.75 Å². The van der Waals surface area contributed by atoms with Crippen molar-refractivity contribution >= 4 is 16.9 Å². The van der Waals surface area contributed by atoms with E-state index in [0.717, 1.165) is 17.7 Å². The average molecular weight is 397 g/mol. The minimum atomic E-state index is -0.267. The van der Waals surface area contributed by atoms with Crippen LogP contribution in [0.3, 0.4) is 0 Å². The van der Waals surface area contributed by atoms with E-state index < -0.39 is 0 Å². The van der Waals surface area contributed by atoms with Gasteiger partial charge in [-0.1, -0.05) is 12.1 Å². The van der Waals surface area contributed by atoms with Crippen LogP contribution in [-0.4, -0.2) is 38.9 Å². The summed E-state index contributed by atoms with van der Waals surface area (Å²) in [5, 5.41) is 7.65. The van der Waals surface area contributed by atoms with Crippen LogP contribution in [-0.2, 0) is 23.3 Å². The summed E-state index contributed by atoms with van der Waals surface area (Å²) in [5.74, 6) is 0.706. The highest BCUT2D eigenvalue weighted by Crippen LogP contribution is 2.17. The number of hydrogen-bond donors (Lipinski definition) is 1. The number of hydrogen-bond acceptors (Lipinski definition) is 5. The van der Waals surface area contributed by atoms with E-state index in [1.807, 2.05) is 45.0 Å². The number of carbonyl (C=O) groups is 1. The van der Waals surface area contributed by atoms with Crippen molar-refractivity contribution in [3.8, 4) is 5.75 Å². The third-order valence-electron chi connectivity index (χ3n) is 4.66. The number of ether oxygens (including phenoxy) is 1. The lowest BCUT2D eigenvalue weighted by Gasteiger charge is -2.19. The Morgan fingerprint density at radius 3 is 2.59 bits per heavy atom. The molecule has 154 valence electrons. The second-order valence-corrected chi connectivity index (χ2v) is 7.91. The number of benzene rings is 1. The van der Waals surface area contributed by atoms with Crippen LogP contribution in [0.1, 0.15) is 32.8 Å². The molecule has 3 rings (SSSR count). The zero-order valence-corrected chi connectivity index (χ0v) is 17.3. The molecule has 0 spiro atoms. The molecule has 2 heterocycles. The Bertz CT molecular complexity index is 1040. The first-order valence-corrected chi connectivity index (χ1v) is 9.63. The number of aromatic nitrogens is 4. The van der Waals surface area contributed by atoms with E-state index in [0.29, 0.717) is 17.6 Å². The Labute approximate surface area is 169 Å². The van der Waals surface area contributed by atoms with Crippen molar-refractivity contribution in [1.82, 2.24) is 24.6 Å². The summed E-state index contributed by atoms with van der Waals surface area (Å²) in [5.41, 5.74) is 1.23. The number of fused-ring (bicyclic) bond motifs is 1. The molecule has 0 aliphatic carbocycles. The van der Waals surface area contributed by atoms with Gasteiger partial charge in [-0.2, -0.15) is 5.10 Å². The molecule has 0 bridgehead atoms. The van der Waals surface area contributed by atoms with Crippen LogP contribution < -0.4 is 15.6 Å². The zero-order valence-electron chi connectivity index (χ0n) is 17.3. The summed E-state index contributed by atoms with van der Waals surface area (Å²) < 4.78 is 8.33.